The van der Waals surface area contributed by atoms with Crippen molar-refractivity contribution in [3.05, 3.63) is 69.7 Å². The van der Waals surface area contributed by atoms with Crippen LogP contribution in [0.5, 0.6) is 0 Å². The minimum atomic E-state index is -0.157. The third-order valence-corrected chi connectivity index (χ3v) is 4.46. The van der Waals surface area contributed by atoms with Crippen molar-refractivity contribution >= 4 is 34.2 Å². The summed E-state index contributed by atoms with van der Waals surface area (Å²) in [6, 6.07) is 17.2. The lowest BCUT2D eigenvalue weighted by Gasteiger charge is -2.12. The molecule has 120 valence electrons. The van der Waals surface area contributed by atoms with Gasteiger partial charge in [0.05, 0.1) is 17.6 Å². The molecule has 0 atom stereocenters. The van der Waals surface area contributed by atoms with Crippen LogP contribution in [-0.2, 0) is 6.54 Å². The Morgan fingerprint density at radius 3 is 2.50 bits per heavy atom. The van der Waals surface area contributed by atoms with Gasteiger partial charge in [-0.2, -0.15) is 0 Å². The molecule has 0 saturated heterocycles. The highest BCUT2D eigenvalue weighted by Gasteiger charge is 2.16. The van der Waals surface area contributed by atoms with E-state index in [1.807, 2.05) is 54.6 Å². The first-order chi connectivity index (χ1) is 11.7. The van der Waals surface area contributed by atoms with E-state index >= 15 is 0 Å². The third-order valence-electron chi connectivity index (χ3n) is 4.14. The Bertz CT molecular complexity index is 1160. The van der Waals surface area contributed by atoms with E-state index in [2.05, 4.69) is 4.98 Å². The molecule has 0 spiro atoms. The molecule has 4 rings (SSSR count). The zero-order valence-corrected chi connectivity index (χ0v) is 13.6. The number of nitrogens with one attached hydrogen (secondary N) is 1. The highest BCUT2D eigenvalue weighted by Crippen LogP contribution is 2.24. The summed E-state index contributed by atoms with van der Waals surface area (Å²) in [7, 11) is 0. The molecular weight excluding hydrogens is 322 g/mol. The first-order valence-electron chi connectivity index (χ1n) is 7.65. The maximum absolute atomic E-state index is 13.2. The van der Waals surface area contributed by atoms with Crippen LogP contribution in [0.15, 0.2) is 59.4 Å². The minimum Gasteiger partial charge on any atom is -0.395 e. The monoisotopic (exact) mass is 337 g/mol. The van der Waals surface area contributed by atoms with Gasteiger partial charge in [-0.3, -0.25) is 9.36 Å². The van der Waals surface area contributed by atoms with E-state index in [1.54, 1.807) is 9.13 Å². The lowest BCUT2D eigenvalue weighted by Crippen LogP contribution is -2.21. The summed E-state index contributed by atoms with van der Waals surface area (Å²) in [5.74, 6) is 0. The van der Waals surface area contributed by atoms with Gasteiger partial charge in [-0.25, -0.2) is 0 Å². The second-order valence-corrected chi connectivity index (χ2v) is 5.91. The van der Waals surface area contributed by atoms with Crippen molar-refractivity contribution in [3.63, 3.8) is 0 Å². The van der Waals surface area contributed by atoms with Crippen molar-refractivity contribution in [1.29, 1.82) is 0 Å². The molecule has 0 radical (unpaired) electrons. The number of benzene rings is 2. The van der Waals surface area contributed by atoms with Gasteiger partial charge in [-0.05, 0) is 30.4 Å². The number of fused-ring (bicyclic) bond motifs is 3. The second kappa shape index (κ2) is 5.74. The van der Waals surface area contributed by atoms with Crippen LogP contribution in [0.25, 0.3) is 27.6 Å². The van der Waals surface area contributed by atoms with Crippen LogP contribution in [0.1, 0.15) is 0 Å². The Balaban J connectivity index is 2.26. The molecule has 2 aromatic heterocycles. The van der Waals surface area contributed by atoms with Gasteiger partial charge in [-0.1, -0.05) is 36.4 Å². The van der Waals surface area contributed by atoms with Crippen molar-refractivity contribution in [2.24, 2.45) is 0 Å². The lowest BCUT2D eigenvalue weighted by molar-refractivity contribution is 0.277. The lowest BCUT2D eigenvalue weighted by atomic mass is 10.1. The van der Waals surface area contributed by atoms with E-state index in [0.29, 0.717) is 15.8 Å². The number of nitrogens with zero attached hydrogens (tertiary/aromatic N) is 2. The summed E-state index contributed by atoms with van der Waals surface area (Å²) in [5.41, 5.74) is 2.64. The zero-order valence-electron chi connectivity index (χ0n) is 12.8. The quantitative estimate of drug-likeness (QED) is 0.565. The largest absolute Gasteiger partial charge is 0.395 e. The van der Waals surface area contributed by atoms with Crippen LogP contribution in [0.3, 0.4) is 0 Å². The zero-order chi connectivity index (χ0) is 16.7. The smallest absolute Gasteiger partial charge is 0.281 e. The molecule has 4 aromatic rings. The third kappa shape index (κ3) is 2.11. The van der Waals surface area contributed by atoms with E-state index in [4.69, 9.17) is 12.2 Å². The molecule has 5 nitrogen and oxygen atoms in total. The normalized spacial score (nSPS) is 11.4. The van der Waals surface area contributed by atoms with Gasteiger partial charge in [0.15, 0.2) is 4.77 Å². The standard InChI is InChI=1S/C18H15N3O2S/c22-11-10-20-16-15(19-18(20)24)13-8-4-5-9-14(13)21(17(16)23)12-6-2-1-3-7-12/h1-9,22H,10-11H2,(H,19,24). The summed E-state index contributed by atoms with van der Waals surface area (Å²) in [5, 5.41) is 10.2. The molecule has 0 fully saturated rings. The summed E-state index contributed by atoms with van der Waals surface area (Å²) in [6.07, 6.45) is 0. The van der Waals surface area contributed by atoms with E-state index in [-0.39, 0.29) is 18.7 Å². The number of aromatic amines is 1. The van der Waals surface area contributed by atoms with Gasteiger partial charge < -0.3 is 14.7 Å². The van der Waals surface area contributed by atoms with Crippen LogP contribution in [0, 0.1) is 4.77 Å². The van der Waals surface area contributed by atoms with Crippen molar-refractivity contribution in [3.8, 4) is 5.69 Å². The number of aromatic nitrogens is 3. The molecule has 24 heavy (non-hydrogen) atoms. The number of aliphatic hydroxyl groups is 1. The SMILES string of the molecule is O=c1c2c([nH]c(=S)n2CCO)c2ccccc2n1-c1ccccc1. The summed E-state index contributed by atoms with van der Waals surface area (Å²) >= 11 is 5.35. The van der Waals surface area contributed by atoms with Crippen LogP contribution >= 0.6 is 12.2 Å². The van der Waals surface area contributed by atoms with Crippen LogP contribution < -0.4 is 5.56 Å². The molecular formula is C18H15N3O2S. The molecule has 0 aliphatic heterocycles. The van der Waals surface area contributed by atoms with Gasteiger partial charge in [-0.15, -0.1) is 0 Å². The summed E-state index contributed by atoms with van der Waals surface area (Å²) < 4.78 is 3.79. The van der Waals surface area contributed by atoms with Gasteiger partial charge in [0.2, 0.25) is 0 Å². The van der Waals surface area contributed by atoms with Gasteiger partial charge in [0.1, 0.15) is 5.52 Å². The van der Waals surface area contributed by atoms with Crippen LogP contribution in [0.2, 0.25) is 0 Å². The van der Waals surface area contributed by atoms with E-state index in [1.165, 1.54) is 0 Å². The van der Waals surface area contributed by atoms with Gasteiger partial charge in [0.25, 0.3) is 5.56 Å². The summed E-state index contributed by atoms with van der Waals surface area (Å²) in [6.45, 7) is 0.195. The first-order valence-corrected chi connectivity index (χ1v) is 8.06. The highest BCUT2D eigenvalue weighted by molar-refractivity contribution is 7.71. The molecule has 0 saturated carbocycles. The predicted octanol–water partition coefficient (Wildman–Crippen LogP) is 3.00. The van der Waals surface area contributed by atoms with Crippen LogP contribution in [-0.4, -0.2) is 25.8 Å². The van der Waals surface area contributed by atoms with Crippen molar-refractivity contribution < 1.29 is 5.11 Å². The topological polar surface area (TPSA) is 62.9 Å². The molecule has 0 amide bonds. The van der Waals surface area contributed by atoms with Crippen molar-refractivity contribution in [2.75, 3.05) is 6.61 Å². The summed E-state index contributed by atoms with van der Waals surface area (Å²) in [4.78, 5) is 16.4. The molecule has 2 aromatic carbocycles. The Kier molecular flexibility index (Phi) is 3.55. The fourth-order valence-corrected chi connectivity index (χ4v) is 3.41. The Labute approximate surface area is 142 Å². The Morgan fingerprint density at radius 2 is 1.75 bits per heavy atom. The molecule has 6 heteroatoms. The van der Waals surface area contributed by atoms with Crippen LogP contribution in [0.4, 0.5) is 0 Å². The van der Waals surface area contributed by atoms with Gasteiger partial charge >= 0.3 is 0 Å². The van der Waals surface area contributed by atoms with Crippen molar-refractivity contribution in [2.45, 2.75) is 6.54 Å². The van der Waals surface area contributed by atoms with Crippen molar-refractivity contribution in [1.82, 2.24) is 14.1 Å². The predicted molar refractivity (Wildman–Crippen MR) is 97.3 cm³/mol. The fraction of sp³-hybridized carbons (Fsp3) is 0.111. The number of pyridine rings is 1. The number of hydrogen-bond acceptors (Lipinski definition) is 3. The fourth-order valence-electron chi connectivity index (χ4n) is 3.13. The average Bonchev–Trinajstić information content (AvgIpc) is 2.94. The molecule has 2 N–H and O–H groups in total. The highest BCUT2D eigenvalue weighted by atomic mass is 32.1. The minimum absolute atomic E-state index is 0.0845. The molecule has 0 aliphatic rings. The average molecular weight is 337 g/mol. The molecule has 0 unspecified atom stereocenters. The first kappa shape index (κ1) is 14.9. The van der Waals surface area contributed by atoms with E-state index in [9.17, 15) is 9.90 Å². The van der Waals surface area contributed by atoms with Gasteiger partial charge in [0, 0.05) is 17.6 Å². The number of hydrogen-bond donors (Lipinski definition) is 2. The van der Waals surface area contributed by atoms with E-state index < -0.39 is 0 Å². The second-order valence-electron chi connectivity index (χ2n) is 5.52. The number of imidazole rings is 1. The maximum atomic E-state index is 13.2. The molecule has 0 aliphatic carbocycles. The van der Waals surface area contributed by atoms with E-state index in [0.717, 1.165) is 16.6 Å². The number of rotatable bonds is 3. The number of para-hydroxylation sites is 2. The number of H-pyrrole nitrogens is 1. The number of aliphatic hydroxyl groups excluding tert-OH is 1. The molecule has 2 heterocycles. The Hall–Kier alpha value is -2.70. The Morgan fingerprint density at radius 1 is 1.04 bits per heavy atom. The maximum Gasteiger partial charge on any atom is 0.281 e. The molecule has 0 bridgehead atoms.